The first kappa shape index (κ1) is 26.0. The minimum absolute atomic E-state index is 0.0161. The molecule has 0 aliphatic carbocycles. The average molecular weight is 594 g/mol. The first-order valence-electron chi connectivity index (χ1n) is 12.3. The molecular formula is C28H38Br2N2O2. The molecule has 2 aliphatic heterocycles. The molecule has 2 heterocycles. The number of phenols is 2. The van der Waals surface area contributed by atoms with Crippen LogP contribution in [-0.4, -0.2) is 39.1 Å². The Morgan fingerprint density at radius 2 is 1.62 bits per heavy atom. The van der Waals surface area contributed by atoms with Gasteiger partial charge in [0.2, 0.25) is 0 Å². The van der Waals surface area contributed by atoms with E-state index in [1.54, 1.807) is 0 Å². The van der Waals surface area contributed by atoms with Crippen LogP contribution in [0.4, 0.5) is 0 Å². The quantitative estimate of drug-likeness (QED) is 0.385. The van der Waals surface area contributed by atoms with Gasteiger partial charge < -0.3 is 10.2 Å². The molecule has 34 heavy (non-hydrogen) atoms. The molecule has 2 saturated heterocycles. The van der Waals surface area contributed by atoms with Gasteiger partial charge in [-0.25, -0.2) is 0 Å². The molecule has 0 amide bonds. The Kier molecular flexibility index (Phi) is 7.20. The third-order valence-electron chi connectivity index (χ3n) is 7.35. The van der Waals surface area contributed by atoms with E-state index < -0.39 is 0 Å². The van der Waals surface area contributed by atoms with Crippen molar-refractivity contribution in [3.8, 4) is 11.5 Å². The van der Waals surface area contributed by atoms with Crippen LogP contribution in [0.15, 0.2) is 33.2 Å². The molecule has 0 aromatic heterocycles. The number of fused-ring (bicyclic) bond motifs is 1. The number of aromatic hydroxyl groups is 2. The van der Waals surface area contributed by atoms with Gasteiger partial charge in [-0.3, -0.25) is 9.80 Å². The van der Waals surface area contributed by atoms with Gasteiger partial charge in [0.1, 0.15) is 11.5 Å². The molecule has 4 rings (SSSR count). The van der Waals surface area contributed by atoms with Crippen molar-refractivity contribution in [3.63, 3.8) is 0 Å². The van der Waals surface area contributed by atoms with Crippen LogP contribution in [0.1, 0.15) is 89.2 Å². The van der Waals surface area contributed by atoms with Gasteiger partial charge in [-0.15, -0.1) is 0 Å². The lowest BCUT2D eigenvalue weighted by Crippen LogP contribution is -2.37. The zero-order valence-corrected chi connectivity index (χ0v) is 24.4. The molecule has 0 bridgehead atoms. The Morgan fingerprint density at radius 3 is 2.26 bits per heavy atom. The van der Waals surface area contributed by atoms with Gasteiger partial charge in [-0.2, -0.15) is 0 Å². The second-order valence-corrected chi connectivity index (χ2v) is 13.8. The molecule has 2 atom stereocenters. The van der Waals surface area contributed by atoms with Crippen LogP contribution < -0.4 is 0 Å². The fourth-order valence-corrected chi connectivity index (χ4v) is 6.73. The average Bonchev–Trinajstić information content (AvgIpc) is 3.08. The van der Waals surface area contributed by atoms with E-state index in [0.717, 1.165) is 34.3 Å². The van der Waals surface area contributed by atoms with Gasteiger partial charge in [0.15, 0.2) is 0 Å². The lowest BCUT2D eigenvalue weighted by atomic mass is 9.79. The maximum absolute atomic E-state index is 11.4. The SMILES string of the molecule is CC(C)(C)c1cc(CN2CC3CCCCN3C2c2cc(Br)cc(Br)c2O)c(O)c(C(C)(C)C)c1. The van der Waals surface area contributed by atoms with Crippen LogP contribution >= 0.6 is 31.9 Å². The summed E-state index contributed by atoms with van der Waals surface area (Å²) in [5.41, 5.74) is 3.94. The molecule has 0 saturated carbocycles. The van der Waals surface area contributed by atoms with Gasteiger partial charge in [0.05, 0.1) is 10.6 Å². The second kappa shape index (κ2) is 9.42. The predicted octanol–water partition coefficient (Wildman–Crippen LogP) is 7.59. The van der Waals surface area contributed by atoms with Gasteiger partial charge in [-0.1, -0.05) is 76.0 Å². The summed E-state index contributed by atoms with van der Waals surface area (Å²) in [6, 6.07) is 8.77. The van der Waals surface area contributed by atoms with Crippen LogP contribution in [0.25, 0.3) is 0 Å². The van der Waals surface area contributed by atoms with Crippen LogP contribution in [0, 0.1) is 0 Å². The molecule has 2 fully saturated rings. The summed E-state index contributed by atoms with van der Waals surface area (Å²) in [5.74, 6) is 0.705. The standard InChI is InChI=1S/C28H38Br2N2O2/c1-27(2,3)18-11-17(24(33)22(12-18)28(4,5)6)15-31-16-20-9-7-8-10-32(20)26(31)21-13-19(29)14-23(30)25(21)34/h11-14,20,26,33-34H,7-10,15-16H2,1-6H3. The summed E-state index contributed by atoms with van der Waals surface area (Å²) in [7, 11) is 0. The molecule has 6 heteroatoms. The van der Waals surface area contributed by atoms with Gasteiger partial charge in [0, 0.05) is 41.3 Å². The number of rotatable bonds is 3. The van der Waals surface area contributed by atoms with Crippen molar-refractivity contribution >= 4 is 31.9 Å². The number of nitrogens with zero attached hydrogens (tertiary/aromatic N) is 2. The topological polar surface area (TPSA) is 46.9 Å². The Balaban J connectivity index is 1.81. The van der Waals surface area contributed by atoms with Crippen molar-refractivity contribution in [3.05, 3.63) is 55.5 Å². The minimum atomic E-state index is -0.157. The Labute approximate surface area is 221 Å². The first-order chi connectivity index (χ1) is 15.8. The van der Waals surface area contributed by atoms with Gasteiger partial charge in [0.25, 0.3) is 0 Å². The highest BCUT2D eigenvalue weighted by Gasteiger charge is 2.43. The Bertz CT molecular complexity index is 1070. The van der Waals surface area contributed by atoms with E-state index in [9.17, 15) is 10.2 Å². The van der Waals surface area contributed by atoms with Crippen molar-refractivity contribution < 1.29 is 10.2 Å². The number of benzene rings is 2. The summed E-state index contributed by atoms with van der Waals surface area (Å²) in [5, 5.41) is 22.5. The summed E-state index contributed by atoms with van der Waals surface area (Å²) in [4.78, 5) is 4.99. The minimum Gasteiger partial charge on any atom is -0.507 e. The van der Waals surface area contributed by atoms with E-state index in [2.05, 4.69) is 95.3 Å². The molecule has 2 unspecified atom stereocenters. The Morgan fingerprint density at radius 1 is 0.912 bits per heavy atom. The van der Waals surface area contributed by atoms with Crippen molar-refractivity contribution in [2.45, 2.75) is 90.4 Å². The maximum Gasteiger partial charge on any atom is 0.135 e. The molecule has 2 aliphatic rings. The van der Waals surface area contributed by atoms with Gasteiger partial charge >= 0.3 is 0 Å². The molecule has 4 nitrogen and oxygen atoms in total. The van der Waals surface area contributed by atoms with Crippen LogP contribution in [-0.2, 0) is 17.4 Å². The number of piperidine rings is 1. The lowest BCUT2D eigenvalue weighted by Gasteiger charge is -2.36. The van der Waals surface area contributed by atoms with E-state index in [1.165, 1.54) is 24.8 Å². The van der Waals surface area contributed by atoms with Crippen LogP contribution in [0.5, 0.6) is 11.5 Å². The smallest absolute Gasteiger partial charge is 0.135 e. The van der Waals surface area contributed by atoms with Crippen molar-refractivity contribution in [1.29, 1.82) is 0 Å². The van der Waals surface area contributed by atoms with E-state index in [-0.39, 0.29) is 17.0 Å². The van der Waals surface area contributed by atoms with Gasteiger partial charge in [-0.05, 0) is 62.9 Å². The monoisotopic (exact) mass is 592 g/mol. The summed E-state index contributed by atoms with van der Waals surface area (Å²) in [6.45, 7) is 15.8. The summed E-state index contributed by atoms with van der Waals surface area (Å²) < 4.78 is 1.64. The Hall–Kier alpha value is -1.08. The van der Waals surface area contributed by atoms with Crippen LogP contribution in [0.3, 0.4) is 0 Å². The molecule has 186 valence electrons. The molecule has 2 aromatic rings. The zero-order chi connectivity index (χ0) is 25.0. The first-order valence-corrected chi connectivity index (χ1v) is 13.9. The zero-order valence-electron chi connectivity index (χ0n) is 21.3. The van der Waals surface area contributed by atoms with Crippen LogP contribution in [0.2, 0.25) is 0 Å². The number of hydrogen-bond acceptors (Lipinski definition) is 4. The lowest BCUT2D eigenvalue weighted by molar-refractivity contribution is 0.0949. The van der Waals surface area contributed by atoms with E-state index in [0.29, 0.717) is 28.6 Å². The molecule has 2 N–H and O–H groups in total. The maximum atomic E-state index is 11.4. The number of halogens is 2. The molecule has 2 aromatic carbocycles. The summed E-state index contributed by atoms with van der Waals surface area (Å²) >= 11 is 7.16. The second-order valence-electron chi connectivity index (χ2n) is 12.0. The molecule has 0 spiro atoms. The van der Waals surface area contributed by atoms with Crippen molar-refractivity contribution in [1.82, 2.24) is 9.80 Å². The number of hydrogen-bond donors (Lipinski definition) is 2. The van der Waals surface area contributed by atoms with Crippen molar-refractivity contribution in [2.75, 3.05) is 13.1 Å². The molecular weight excluding hydrogens is 556 g/mol. The normalized spacial score (nSPS) is 22.2. The highest BCUT2D eigenvalue weighted by atomic mass is 79.9. The third-order valence-corrected chi connectivity index (χ3v) is 8.41. The fourth-order valence-electron chi connectivity index (χ4n) is 5.47. The van der Waals surface area contributed by atoms with E-state index >= 15 is 0 Å². The fraction of sp³-hybridized carbons (Fsp3) is 0.571. The molecule has 0 radical (unpaired) electrons. The van der Waals surface area contributed by atoms with E-state index in [1.807, 2.05) is 12.1 Å². The van der Waals surface area contributed by atoms with E-state index in [4.69, 9.17) is 0 Å². The highest BCUT2D eigenvalue weighted by molar-refractivity contribution is 9.11. The third kappa shape index (κ3) is 5.07. The summed E-state index contributed by atoms with van der Waals surface area (Å²) in [6.07, 6.45) is 3.56. The number of phenolic OH excluding ortho intramolecular Hbond substituents is 2. The highest BCUT2D eigenvalue weighted by Crippen LogP contribution is 2.46. The van der Waals surface area contributed by atoms with Crippen molar-refractivity contribution in [2.24, 2.45) is 0 Å². The predicted molar refractivity (Wildman–Crippen MR) is 147 cm³/mol. The largest absolute Gasteiger partial charge is 0.507 e.